The summed E-state index contributed by atoms with van der Waals surface area (Å²) in [5.41, 5.74) is 1.72. The van der Waals surface area contributed by atoms with Crippen molar-refractivity contribution in [3.8, 4) is 11.5 Å². The van der Waals surface area contributed by atoms with Crippen LogP contribution < -0.4 is 14.8 Å². The molecule has 0 unspecified atom stereocenters. The molecule has 1 aliphatic rings. The fraction of sp³-hybridized carbons (Fsp3) is 0.417. The van der Waals surface area contributed by atoms with Gasteiger partial charge in [-0.3, -0.25) is 9.59 Å². The zero-order chi connectivity index (χ0) is 25.9. The first-order chi connectivity index (χ1) is 16.4. The zero-order valence-corrected chi connectivity index (χ0v) is 23.2. The number of nitrogens with one attached hydrogen (secondary N) is 1. The first-order valence-corrected chi connectivity index (χ1v) is 13.4. The van der Waals surface area contributed by atoms with Crippen molar-refractivity contribution in [3.05, 3.63) is 52.0 Å². The van der Waals surface area contributed by atoms with E-state index in [4.69, 9.17) is 21.1 Å². The van der Waals surface area contributed by atoms with Crippen LogP contribution in [-0.2, 0) is 21.2 Å². The van der Waals surface area contributed by atoms with Gasteiger partial charge in [0.2, 0.25) is 5.91 Å². The van der Waals surface area contributed by atoms with Crippen LogP contribution in [0, 0.1) is 0 Å². The molecule has 1 heterocycles. The zero-order valence-electron chi connectivity index (χ0n) is 20.8. The Morgan fingerprint density at radius 3 is 2.50 bits per heavy atom. The summed E-state index contributed by atoms with van der Waals surface area (Å²) in [6.45, 7) is 2.45. The quantitative estimate of drug-likeness (QED) is 0.475. The molecule has 0 aliphatic carbocycles. The van der Waals surface area contributed by atoms with E-state index in [1.165, 1.54) is 12.0 Å². The number of ether oxygens (including phenoxy) is 2. The Kier molecular flexibility index (Phi) is 10.0. The van der Waals surface area contributed by atoms with Gasteiger partial charge < -0.3 is 24.6 Å². The molecule has 36 heavy (non-hydrogen) atoms. The average molecular weight is 561 g/mol. The minimum absolute atomic E-state index is 0. The first kappa shape index (κ1) is 29.7. The van der Waals surface area contributed by atoms with Crippen molar-refractivity contribution in [2.45, 2.75) is 19.5 Å². The van der Waals surface area contributed by atoms with Crippen LogP contribution >= 0.6 is 24.0 Å². The number of methoxy groups -OCH3 is 1. The van der Waals surface area contributed by atoms with E-state index in [1.807, 2.05) is 6.92 Å². The predicted octanol–water partition coefficient (Wildman–Crippen LogP) is 3.41. The number of carbonyl (C=O) groups is 2. The number of rotatable bonds is 10. The van der Waals surface area contributed by atoms with Gasteiger partial charge in [0.05, 0.1) is 43.3 Å². The first-order valence-electron chi connectivity index (χ1n) is 11.0. The van der Waals surface area contributed by atoms with Gasteiger partial charge in [-0.25, -0.2) is 8.42 Å². The van der Waals surface area contributed by atoms with E-state index < -0.39 is 21.8 Å². The molecule has 0 saturated heterocycles. The molecular formula is C24H31Cl2N3O6S. The van der Waals surface area contributed by atoms with Crippen molar-refractivity contribution in [2.75, 3.05) is 51.7 Å². The van der Waals surface area contributed by atoms with Crippen molar-refractivity contribution in [1.82, 2.24) is 9.80 Å². The summed E-state index contributed by atoms with van der Waals surface area (Å²) in [4.78, 5) is 29.2. The minimum atomic E-state index is -3.49. The number of nitrogens with zero attached hydrogens (tertiary/aromatic N) is 2. The molecule has 1 aliphatic heterocycles. The average Bonchev–Trinajstić information content (AvgIpc) is 3.11. The number of sulfone groups is 1. The molecule has 12 heteroatoms. The highest BCUT2D eigenvalue weighted by molar-refractivity contribution is 7.90. The molecule has 1 atom stereocenters. The predicted molar refractivity (Wildman–Crippen MR) is 142 cm³/mol. The topological polar surface area (TPSA) is 105 Å². The third-order valence-electron chi connectivity index (χ3n) is 5.50. The molecule has 2 aromatic rings. The number of hydrogen-bond donors (Lipinski definition) is 1. The van der Waals surface area contributed by atoms with Crippen molar-refractivity contribution >= 4 is 51.3 Å². The maximum atomic E-state index is 13.7. The summed E-state index contributed by atoms with van der Waals surface area (Å²) >= 11 is 6.43. The molecule has 2 aromatic carbocycles. The standard InChI is InChI=1S/C24H30ClN3O6S.ClH/c1-6-34-21-11-15(7-10-20(21)33-4)19(14-35(5,31)32)28-12-16-17(25)8-9-18(23(16)24(28)30)26-22(29)13-27(2)3;/h7-11,19H,6,12-14H2,1-5H3,(H,26,29);1H/t19-;/m0./s1. The van der Waals surface area contributed by atoms with Crippen LogP contribution in [0.3, 0.4) is 0 Å². The van der Waals surface area contributed by atoms with Gasteiger partial charge in [-0.15, -0.1) is 12.4 Å². The Labute approximate surface area is 223 Å². The Balaban J connectivity index is 0.00000456. The highest BCUT2D eigenvalue weighted by Crippen LogP contribution is 2.40. The van der Waals surface area contributed by atoms with Gasteiger partial charge in [-0.1, -0.05) is 17.7 Å². The second kappa shape index (κ2) is 12.1. The number of likely N-dealkylation sites (N-methyl/N-ethyl adjacent to an activating group) is 1. The highest BCUT2D eigenvalue weighted by Gasteiger charge is 2.38. The number of benzene rings is 2. The molecule has 0 saturated carbocycles. The van der Waals surface area contributed by atoms with Crippen LogP contribution in [0.4, 0.5) is 5.69 Å². The van der Waals surface area contributed by atoms with Gasteiger partial charge in [0.15, 0.2) is 11.5 Å². The Morgan fingerprint density at radius 1 is 1.22 bits per heavy atom. The Bertz CT molecular complexity index is 1240. The third kappa shape index (κ3) is 6.82. The molecule has 0 fully saturated rings. The van der Waals surface area contributed by atoms with Crippen molar-refractivity contribution in [1.29, 1.82) is 0 Å². The number of carbonyl (C=O) groups excluding carboxylic acids is 2. The fourth-order valence-electron chi connectivity index (χ4n) is 4.06. The van der Waals surface area contributed by atoms with Crippen LogP contribution in [0.5, 0.6) is 11.5 Å². The van der Waals surface area contributed by atoms with Gasteiger partial charge >= 0.3 is 0 Å². The number of hydrogen-bond acceptors (Lipinski definition) is 7. The number of amides is 2. The van der Waals surface area contributed by atoms with E-state index in [-0.39, 0.29) is 42.7 Å². The number of fused-ring (bicyclic) bond motifs is 1. The second-order valence-electron chi connectivity index (χ2n) is 8.62. The molecule has 2 amide bonds. The van der Waals surface area contributed by atoms with E-state index in [0.29, 0.717) is 39.9 Å². The maximum absolute atomic E-state index is 13.7. The van der Waals surface area contributed by atoms with Crippen molar-refractivity contribution in [2.24, 2.45) is 0 Å². The van der Waals surface area contributed by atoms with Crippen molar-refractivity contribution < 1.29 is 27.5 Å². The maximum Gasteiger partial charge on any atom is 0.257 e. The van der Waals surface area contributed by atoms with E-state index in [9.17, 15) is 18.0 Å². The minimum Gasteiger partial charge on any atom is -0.493 e. The summed E-state index contributed by atoms with van der Waals surface area (Å²) < 4.78 is 35.8. The molecule has 1 N–H and O–H groups in total. The molecule has 0 spiro atoms. The highest BCUT2D eigenvalue weighted by atomic mass is 35.5. The van der Waals surface area contributed by atoms with E-state index in [1.54, 1.807) is 49.3 Å². The van der Waals surface area contributed by atoms with E-state index >= 15 is 0 Å². The van der Waals surface area contributed by atoms with Gasteiger partial charge in [0, 0.05) is 23.4 Å². The fourth-order valence-corrected chi connectivity index (χ4v) is 5.22. The Hall–Kier alpha value is -2.53. The molecule has 0 radical (unpaired) electrons. The number of halogens is 2. The van der Waals surface area contributed by atoms with Crippen LogP contribution in [0.25, 0.3) is 0 Å². The molecule has 198 valence electrons. The summed E-state index contributed by atoms with van der Waals surface area (Å²) in [5, 5.41) is 3.14. The summed E-state index contributed by atoms with van der Waals surface area (Å²) in [5.74, 6) is -0.0477. The van der Waals surface area contributed by atoms with Gasteiger partial charge in [-0.2, -0.15) is 0 Å². The summed E-state index contributed by atoms with van der Waals surface area (Å²) in [6, 6.07) is 7.49. The second-order valence-corrected chi connectivity index (χ2v) is 11.2. The Morgan fingerprint density at radius 2 is 1.92 bits per heavy atom. The van der Waals surface area contributed by atoms with Gasteiger partial charge in [-0.05, 0) is 50.8 Å². The lowest BCUT2D eigenvalue weighted by Crippen LogP contribution is -2.34. The van der Waals surface area contributed by atoms with Crippen LogP contribution in [0.1, 0.15) is 34.5 Å². The monoisotopic (exact) mass is 559 g/mol. The molecule has 0 bridgehead atoms. The molecular weight excluding hydrogens is 529 g/mol. The number of anilines is 1. The van der Waals surface area contributed by atoms with Crippen LogP contribution in [0.2, 0.25) is 5.02 Å². The van der Waals surface area contributed by atoms with Crippen LogP contribution in [0.15, 0.2) is 30.3 Å². The summed E-state index contributed by atoms with van der Waals surface area (Å²) in [6.07, 6.45) is 1.13. The van der Waals surface area contributed by atoms with E-state index in [0.717, 1.165) is 6.26 Å². The molecule has 3 rings (SSSR count). The largest absolute Gasteiger partial charge is 0.493 e. The van der Waals surface area contributed by atoms with Crippen LogP contribution in [-0.4, -0.2) is 76.4 Å². The van der Waals surface area contributed by atoms with Crippen molar-refractivity contribution in [3.63, 3.8) is 0 Å². The normalized spacial score (nSPS) is 13.8. The van der Waals surface area contributed by atoms with Gasteiger partial charge in [0.25, 0.3) is 5.91 Å². The lowest BCUT2D eigenvalue weighted by molar-refractivity contribution is -0.116. The summed E-state index contributed by atoms with van der Waals surface area (Å²) in [7, 11) is 1.55. The van der Waals surface area contributed by atoms with E-state index in [2.05, 4.69) is 5.32 Å². The SMILES string of the molecule is CCOc1cc([C@H](CS(C)(=O)=O)N2Cc3c(Cl)ccc(NC(=O)CN(C)C)c3C2=O)ccc1OC.Cl. The lowest BCUT2D eigenvalue weighted by atomic mass is 10.1. The lowest BCUT2D eigenvalue weighted by Gasteiger charge is -2.28. The van der Waals surface area contributed by atoms with Gasteiger partial charge in [0.1, 0.15) is 9.84 Å². The molecule has 9 nitrogen and oxygen atoms in total. The third-order valence-corrected chi connectivity index (χ3v) is 6.78. The smallest absolute Gasteiger partial charge is 0.257 e. The molecule has 0 aromatic heterocycles.